The number of hydrogen-bond acceptors (Lipinski definition) is 2. The molecule has 0 N–H and O–H groups in total. The molecule has 0 saturated heterocycles. The Balaban J connectivity index is 1.45. The van der Waals surface area contributed by atoms with Gasteiger partial charge < -0.3 is 9.80 Å². The van der Waals surface area contributed by atoms with Crippen molar-refractivity contribution in [1.82, 2.24) is 4.90 Å². The lowest BCUT2D eigenvalue weighted by molar-refractivity contribution is -0.118. The van der Waals surface area contributed by atoms with E-state index >= 15 is 0 Å². The number of amides is 1. The molecule has 0 aromatic heterocycles. The number of carbonyl (C=O) groups is 1. The van der Waals surface area contributed by atoms with E-state index in [4.69, 9.17) is 11.6 Å². The average Bonchev–Trinajstić information content (AvgIpc) is 2.78. The molecule has 0 radical (unpaired) electrons. The van der Waals surface area contributed by atoms with Crippen molar-refractivity contribution in [2.45, 2.75) is 19.3 Å². The van der Waals surface area contributed by atoms with E-state index in [9.17, 15) is 4.79 Å². The summed E-state index contributed by atoms with van der Waals surface area (Å²) in [4.78, 5) is 17.4. The Bertz CT molecular complexity index is 1030. The monoisotopic (exact) mass is 432 g/mol. The Morgan fingerprint density at radius 1 is 1.00 bits per heavy atom. The molecular formula is C27H29ClN2O. The van der Waals surface area contributed by atoms with Gasteiger partial charge in [0.25, 0.3) is 0 Å². The first-order valence-corrected chi connectivity index (χ1v) is 11.3. The topological polar surface area (TPSA) is 23.6 Å². The molecule has 0 saturated carbocycles. The van der Waals surface area contributed by atoms with Crippen LogP contribution in [-0.2, 0) is 17.6 Å². The van der Waals surface area contributed by atoms with Crippen LogP contribution >= 0.6 is 11.6 Å². The summed E-state index contributed by atoms with van der Waals surface area (Å²) in [6.07, 6.45) is 2.21. The van der Waals surface area contributed by atoms with Gasteiger partial charge in [-0.15, -0.1) is 0 Å². The summed E-state index contributed by atoms with van der Waals surface area (Å²) < 4.78 is 0. The lowest BCUT2D eigenvalue weighted by Gasteiger charge is -2.36. The summed E-state index contributed by atoms with van der Waals surface area (Å²) in [7, 11) is 4.17. The molecule has 1 unspecified atom stereocenters. The quantitative estimate of drug-likeness (QED) is 0.498. The van der Waals surface area contributed by atoms with Crippen LogP contribution < -0.4 is 4.90 Å². The molecule has 3 nitrogen and oxygen atoms in total. The molecule has 1 aliphatic heterocycles. The van der Waals surface area contributed by atoms with Crippen LogP contribution in [0.25, 0.3) is 11.1 Å². The van der Waals surface area contributed by atoms with Gasteiger partial charge in [0.1, 0.15) is 0 Å². The minimum atomic E-state index is 0.166. The summed E-state index contributed by atoms with van der Waals surface area (Å²) in [6, 6.07) is 24.8. The third-order valence-corrected chi connectivity index (χ3v) is 6.14. The molecule has 4 heteroatoms. The van der Waals surface area contributed by atoms with E-state index in [1.807, 2.05) is 35.2 Å². The van der Waals surface area contributed by atoms with Crippen LogP contribution in [0.4, 0.5) is 5.69 Å². The lowest BCUT2D eigenvalue weighted by atomic mass is 9.91. The van der Waals surface area contributed by atoms with E-state index < -0.39 is 0 Å². The molecule has 1 aliphatic rings. The van der Waals surface area contributed by atoms with Crippen LogP contribution in [0.1, 0.15) is 17.5 Å². The fourth-order valence-corrected chi connectivity index (χ4v) is 4.61. The second kappa shape index (κ2) is 9.67. The van der Waals surface area contributed by atoms with E-state index in [0.717, 1.165) is 31.6 Å². The van der Waals surface area contributed by atoms with Gasteiger partial charge in [0.2, 0.25) is 5.91 Å². The maximum Gasteiger partial charge on any atom is 0.227 e. The van der Waals surface area contributed by atoms with E-state index in [1.165, 1.54) is 22.3 Å². The molecule has 1 atom stereocenters. The molecule has 1 amide bonds. The first kappa shape index (κ1) is 21.6. The number of halogens is 1. The number of aryl methyl sites for hydroxylation is 1. The lowest BCUT2D eigenvalue weighted by Crippen LogP contribution is -2.43. The van der Waals surface area contributed by atoms with E-state index in [0.29, 0.717) is 17.4 Å². The van der Waals surface area contributed by atoms with Gasteiger partial charge in [-0.05, 0) is 67.2 Å². The number of nitrogens with zero attached hydrogens (tertiary/aromatic N) is 2. The van der Waals surface area contributed by atoms with Gasteiger partial charge in [0, 0.05) is 30.2 Å². The zero-order chi connectivity index (χ0) is 21.8. The zero-order valence-electron chi connectivity index (χ0n) is 18.2. The molecule has 3 aromatic rings. The smallest absolute Gasteiger partial charge is 0.227 e. The Kier molecular flexibility index (Phi) is 6.74. The number of anilines is 1. The average molecular weight is 433 g/mol. The van der Waals surface area contributed by atoms with Crippen molar-refractivity contribution in [3.63, 3.8) is 0 Å². The van der Waals surface area contributed by atoms with Crippen molar-refractivity contribution in [3.05, 3.63) is 88.9 Å². The second-order valence-electron chi connectivity index (χ2n) is 8.67. The maximum atomic E-state index is 13.2. The highest BCUT2D eigenvalue weighted by molar-refractivity contribution is 6.31. The van der Waals surface area contributed by atoms with Gasteiger partial charge in [0.15, 0.2) is 0 Å². The van der Waals surface area contributed by atoms with Crippen molar-refractivity contribution in [1.29, 1.82) is 0 Å². The van der Waals surface area contributed by atoms with Crippen molar-refractivity contribution in [2.24, 2.45) is 5.92 Å². The van der Waals surface area contributed by atoms with E-state index in [2.05, 4.69) is 61.5 Å². The first-order chi connectivity index (χ1) is 15.0. The number of hydrogen-bond donors (Lipinski definition) is 0. The van der Waals surface area contributed by atoms with Crippen LogP contribution in [0.5, 0.6) is 0 Å². The summed E-state index contributed by atoms with van der Waals surface area (Å²) in [5.41, 5.74) is 5.77. The van der Waals surface area contributed by atoms with E-state index in [1.54, 1.807) is 0 Å². The molecule has 0 bridgehead atoms. The third-order valence-electron chi connectivity index (χ3n) is 5.90. The SMILES string of the molecule is CN(C)CC1Cc2ccc(Cl)cc2N(C(=O)CCc2ccc(-c3ccccc3)cc2)C1. The maximum absolute atomic E-state index is 13.2. The second-order valence-corrected chi connectivity index (χ2v) is 9.11. The minimum absolute atomic E-state index is 0.166. The van der Waals surface area contributed by atoms with E-state index in [-0.39, 0.29) is 5.91 Å². The largest absolute Gasteiger partial charge is 0.312 e. The van der Waals surface area contributed by atoms with Gasteiger partial charge >= 0.3 is 0 Å². The van der Waals surface area contributed by atoms with Crippen molar-refractivity contribution in [2.75, 3.05) is 32.1 Å². The summed E-state index contributed by atoms with van der Waals surface area (Å²) in [5, 5.41) is 0.680. The molecular weight excluding hydrogens is 404 g/mol. The molecule has 3 aromatic carbocycles. The normalized spacial score (nSPS) is 15.7. The first-order valence-electron chi connectivity index (χ1n) is 10.9. The van der Waals surface area contributed by atoms with Gasteiger partial charge in [-0.2, -0.15) is 0 Å². The Morgan fingerprint density at radius 2 is 1.71 bits per heavy atom. The van der Waals surface area contributed by atoms with Crippen molar-refractivity contribution >= 4 is 23.2 Å². The molecule has 160 valence electrons. The fourth-order valence-electron chi connectivity index (χ4n) is 4.45. The molecule has 4 rings (SSSR count). The predicted octanol–water partition coefficient (Wildman–Crippen LogP) is 5.71. The van der Waals surface area contributed by atoms with Gasteiger partial charge in [-0.25, -0.2) is 0 Å². The number of carbonyl (C=O) groups excluding carboxylic acids is 1. The Morgan fingerprint density at radius 3 is 2.42 bits per heavy atom. The fraction of sp³-hybridized carbons (Fsp3) is 0.296. The minimum Gasteiger partial charge on any atom is -0.312 e. The number of benzene rings is 3. The standard InChI is InChI=1S/C27H29ClN2O/c1-29(2)18-21-16-24-13-14-25(28)17-26(24)30(19-21)27(31)15-10-20-8-11-23(12-9-20)22-6-4-3-5-7-22/h3-9,11-14,17,21H,10,15-16,18-19H2,1-2H3. The Labute approximate surface area is 190 Å². The predicted molar refractivity (Wildman–Crippen MR) is 130 cm³/mol. The van der Waals surface area contributed by atoms with Crippen molar-refractivity contribution in [3.8, 4) is 11.1 Å². The van der Waals surface area contributed by atoms with Crippen LogP contribution in [-0.4, -0.2) is 38.0 Å². The van der Waals surface area contributed by atoms with Gasteiger partial charge in [0.05, 0.1) is 0 Å². The molecule has 31 heavy (non-hydrogen) atoms. The summed E-state index contributed by atoms with van der Waals surface area (Å²) in [6.45, 7) is 1.71. The number of rotatable bonds is 6. The highest BCUT2D eigenvalue weighted by Gasteiger charge is 2.28. The molecule has 0 fully saturated rings. The zero-order valence-corrected chi connectivity index (χ0v) is 19.0. The highest BCUT2D eigenvalue weighted by Crippen LogP contribution is 2.33. The molecule has 1 heterocycles. The van der Waals surface area contributed by atoms with Crippen LogP contribution in [0, 0.1) is 5.92 Å². The highest BCUT2D eigenvalue weighted by atomic mass is 35.5. The van der Waals surface area contributed by atoms with Crippen LogP contribution in [0.2, 0.25) is 5.02 Å². The van der Waals surface area contributed by atoms with Gasteiger partial charge in [-0.1, -0.05) is 72.3 Å². The Hall–Kier alpha value is -2.62. The van der Waals surface area contributed by atoms with Gasteiger partial charge in [-0.3, -0.25) is 4.79 Å². The third kappa shape index (κ3) is 5.36. The van der Waals surface area contributed by atoms with Crippen LogP contribution in [0.3, 0.4) is 0 Å². The summed E-state index contributed by atoms with van der Waals surface area (Å²) in [5.74, 6) is 0.594. The van der Waals surface area contributed by atoms with Crippen molar-refractivity contribution < 1.29 is 4.79 Å². The van der Waals surface area contributed by atoms with Crippen LogP contribution in [0.15, 0.2) is 72.8 Å². The summed E-state index contributed by atoms with van der Waals surface area (Å²) >= 11 is 6.26. The molecule has 0 aliphatic carbocycles. The molecule has 0 spiro atoms. The number of fused-ring (bicyclic) bond motifs is 1.